The Morgan fingerprint density at radius 1 is 1.16 bits per heavy atom. The van der Waals surface area contributed by atoms with E-state index in [-0.39, 0.29) is 22.5 Å². The lowest BCUT2D eigenvalue weighted by Crippen LogP contribution is -2.38. The van der Waals surface area contributed by atoms with Gasteiger partial charge in [-0.3, -0.25) is 25.1 Å². The van der Waals surface area contributed by atoms with Crippen LogP contribution in [0.15, 0.2) is 54.2 Å². The van der Waals surface area contributed by atoms with Gasteiger partial charge in [-0.2, -0.15) is 0 Å². The Hall–Kier alpha value is -3.23. The third-order valence-electron chi connectivity index (χ3n) is 3.14. The number of nitrogens with one attached hydrogen (secondary N) is 2. The quantitative estimate of drug-likeness (QED) is 0.247. The minimum absolute atomic E-state index is 0.137. The minimum atomic E-state index is -0.812. The molecule has 0 unspecified atom stereocenters. The first-order valence-electron chi connectivity index (χ1n) is 6.95. The van der Waals surface area contributed by atoms with Gasteiger partial charge in [0.2, 0.25) is 0 Å². The second kappa shape index (κ2) is 8.04. The lowest BCUT2D eigenvalue weighted by Gasteiger charge is -2.09. The van der Waals surface area contributed by atoms with Gasteiger partial charge in [-0.15, -0.1) is 0 Å². The monoisotopic (exact) mass is 360 g/mol. The van der Waals surface area contributed by atoms with Crippen molar-refractivity contribution in [2.24, 2.45) is 5.84 Å². The predicted molar refractivity (Wildman–Crippen MR) is 92.3 cm³/mol. The molecule has 0 spiro atoms. The Balaban J connectivity index is 2.39. The van der Waals surface area contributed by atoms with Crippen LogP contribution in [-0.2, 0) is 4.79 Å². The average Bonchev–Trinajstić information content (AvgIpc) is 2.60. The molecule has 0 aromatic heterocycles. The van der Waals surface area contributed by atoms with Crippen LogP contribution in [0.1, 0.15) is 15.9 Å². The van der Waals surface area contributed by atoms with Gasteiger partial charge in [-0.05, 0) is 30.3 Å². The van der Waals surface area contributed by atoms with Gasteiger partial charge in [0.25, 0.3) is 17.5 Å². The topological polar surface area (TPSA) is 127 Å². The van der Waals surface area contributed by atoms with Crippen LogP contribution in [0.5, 0.6) is 0 Å². The molecule has 25 heavy (non-hydrogen) atoms. The van der Waals surface area contributed by atoms with Crippen LogP contribution in [0.4, 0.5) is 5.69 Å². The van der Waals surface area contributed by atoms with Gasteiger partial charge in [0.15, 0.2) is 0 Å². The van der Waals surface area contributed by atoms with E-state index in [2.05, 4.69) is 5.32 Å². The van der Waals surface area contributed by atoms with Crippen LogP contribution >= 0.6 is 11.6 Å². The van der Waals surface area contributed by atoms with Crippen molar-refractivity contribution in [3.05, 3.63) is 80.5 Å². The Kier molecular flexibility index (Phi) is 5.83. The van der Waals surface area contributed by atoms with E-state index >= 15 is 0 Å². The van der Waals surface area contributed by atoms with Gasteiger partial charge < -0.3 is 5.32 Å². The highest BCUT2D eigenvalue weighted by Gasteiger charge is 2.17. The molecule has 0 aliphatic rings. The number of nitro benzene ring substituents is 1. The summed E-state index contributed by atoms with van der Waals surface area (Å²) in [5.41, 5.74) is 1.77. The molecule has 0 heterocycles. The molecule has 2 rings (SSSR count). The fourth-order valence-electron chi connectivity index (χ4n) is 1.99. The maximum Gasteiger partial charge on any atom is 0.281 e. The maximum atomic E-state index is 12.3. The fourth-order valence-corrected chi connectivity index (χ4v) is 2.18. The molecule has 0 aliphatic carbocycles. The number of carbonyl (C=O) groups excluding carboxylic acids is 2. The van der Waals surface area contributed by atoms with Crippen LogP contribution in [-0.4, -0.2) is 16.7 Å². The van der Waals surface area contributed by atoms with Crippen molar-refractivity contribution in [2.45, 2.75) is 0 Å². The molecular weight excluding hydrogens is 348 g/mol. The molecule has 2 aromatic carbocycles. The van der Waals surface area contributed by atoms with Crippen LogP contribution in [0.25, 0.3) is 6.08 Å². The Morgan fingerprint density at radius 3 is 2.52 bits per heavy atom. The summed E-state index contributed by atoms with van der Waals surface area (Å²) >= 11 is 5.83. The normalized spacial score (nSPS) is 10.9. The van der Waals surface area contributed by atoms with Crippen molar-refractivity contribution in [2.75, 3.05) is 0 Å². The zero-order valence-electron chi connectivity index (χ0n) is 12.7. The molecule has 0 atom stereocenters. The third kappa shape index (κ3) is 4.63. The van der Waals surface area contributed by atoms with Gasteiger partial charge in [0.1, 0.15) is 5.70 Å². The van der Waals surface area contributed by atoms with E-state index < -0.39 is 16.7 Å². The molecule has 0 saturated heterocycles. The van der Waals surface area contributed by atoms with E-state index in [1.165, 1.54) is 36.4 Å². The standard InChI is InChI=1S/C16H13ClN4O4/c17-12-6-3-5-11(8-12)15(22)19-13(16(23)20-18)9-10-4-1-2-7-14(10)21(24)25/h1-9H,18H2,(H,19,22)(H,20,23)/b13-9-. The number of carbonyl (C=O) groups is 2. The van der Waals surface area contributed by atoms with Crippen molar-refractivity contribution < 1.29 is 14.5 Å². The average molecular weight is 361 g/mol. The SMILES string of the molecule is NNC(=O)/C(=C/c1ccccc1[N+](=O)[O-])NC(=O)c1cccc(Cl)c1. The number of rotatable bonds is 5. The molecule has 0 radical (unpaired) electrons. The number of halogens is 1. The third-order valence-corrected chi connectivity index (χ3v) is 3.38. The van der Waals surface area contributed by atoms with Crippen LogP contribution in [0.2, 0.25) is 5.02 Å². The van der Waals surface area contributed by atoms with E-state index in [9.17, 15) is 19.7 Å². The molecule has 2 amide bonds. The van der Waals surface area contributed by atoms with Gasteiger partial charge in [-0.1, -0.05) is 29.8 Å². The van der Waals surface area contributed by atoms with Crippen molar-refractivity contribution in [3.63, 3.8) is 0 Å². The molecule has 2 aromatic rings. The number of nitrogens with zero attached hydrogens (tertiary/aromatic N) is 1. The van der Waals surface area contributed by atoms with E-state index in [0.717, 1.165) is 0 Å². The van der Waals surface area contributed by atoms with Gasteiger partial charge in [0.05, 0.1) is 10.5 Å². The summed E-state index contributed by atoms with van der Waals surface area (Å²) < 4.78 is 0. The highest BCUT2D eigenvalue weighted by atomic mass is 35.5. The number of benzene rings is 2. The van der Waals surface area contributed by atoms with Crippen molar-refractivity contribution in [1.29, 1.82) is 0 Å². The van der Waals surface area contributed by atoms with Crippen molar-refractivity contribution in [3.8, 4) is 0 Å². The Labute approximate surface area is 147 Å². The molecular formula is C16H13ClN4O4. The second-order valence-corrected chi connectivity index (χ2v) is 5.25. The van der Waals surface area contributed by atoms with Crippen LogP contribution < -0.4 is 16.6 Å². The number of nitro groups is 1. The number of nitrogens with two attached hydrogens (primary N) is 1. The van der Waals surface area contributed by atoms with E-state index in [1.807, 2.05) is 5.43 Å². The first-order valence-corrected chi connectivity index (χ1v) is 7.33. The van der Waals surface area contributed by atoms with Gasteiger partial charge >= 0.3 is 0 Å². The molecule has 9 heteroatoms. The molecule has 0 aliphatic heterocycles. The first kappa shape index (κ1) is 18.1. The van der Waals surface area contributed by atoms with Crippen LogP contribution in [0, 0.1) is 10.1 Å². The van der Waals surface area contributed by atoms with Crippen molar-refractivity contribution >= 4 is 35.2 Å². The minimum Gasteiger partial charge on any atom is -0.317 e. The smallest absolute Gasteiger partial charge is 0.281 e. The first-order chi connectivity index (χ1) is 11.9. The maximum absolute atomic E-state index is 12.3. The summed E-state index contributed by atoms with van der Waals surface area (Å²) in [6.07, 6.45) is 1.17. The highest BCUT2D eigenvalue weighted by molar-refractivity contribution is 6.31. The van der Waals surface area contributed by atoms with Crippen molar-refractivity contribution in [1.82, 2.24) is 10.7 Å². The summed E-state index contributed by atoms with van der Waals surface area (Å²) in [5, 5.41) is 13.8. The zero-order chi connectivity index (χ0) is 18.4. The van der Waals surface area contributed by atoms with E-state index in [4.69, 9.17) is 17.4 Å². The summed E-state index contributed by atoms with van der Waals surface area (Å²) in [6, 6.07) is 11.9. The van der Waals surface area contributed by atoms with Gasteiger partial charge in [-0.25, -0.2) is 5.84 Å². The highest BCUT2D eigenvalue weighted by Crippen LogP contribution is 2.20. The lowest BCUT2D eigenvalue weighted by atomic mass is 10.1. The zero-order valence-corrected chi connectivity index (χ0v) is 13.5. The summed E-state index contributed by atoms with van der Waals surface area (Å²) in [6.45, 7) is 0. The molecule has 128 valence electrons. The molecule has 4 N–H and O–H groups in total. The Bertz CT molecular complexity index is 867. The summed E-state index contributed by atoms with van der Waals surface area (Å²) in [7, 11) is 0. The number of amides is 2. The summed E-state index contributed by atoms with van der Waals surface area (Å²) in [5.74, 6) is 3.69. The summed E-state index contributed by atoms with van der Waals surface area (Å²) in [4.78, 5) is 34.7. The van der Waals surface area contributed by atoms with E-state index in [1.54, 1.807) is 18.2 Å². The number of para-hydroxylation sites is 1. The van der Waals surface area contributed by atoms with E-state index in [0.29, 0.717) is 5.02 Å². The number of hydrogen-bond acceptors (Lipinski definition) is 5. The molecule has 0 fully saturated rings. The van der Waals surface area contributed by atoms with Gasteiger partial charge in [0, 0.05) is 16.7 Å². The predicted octanol–water partition coefficient (Wildman–Crippen LogP) is 2.01. The Morgan fingerprint density at radius 2 is 1.88 bits per heavy atom. The molecule has 8 nitrogen and oxygen atoms in total. The second-order valence-electron chi connectivity index (χ2n) is 4.81. The number of hydrazine groups is 1. The van der Waals surface area contributed by atoms with Crippen LogP contribution in [0.3, 0.4) is 0 Å². The molecule has 0 saturated carbocycles. The lowest BCUT2D eigenvalue weighted by molar-refractivity contribution is -0.385. The fraction of sp³-hybridized carbons (Fsp3) is 0. The number of hydrogen-bond donors (Lipinski definition) is 3. The largest absolute Gasteiger partial charge is 0.317 e. The molecule has 0 bridgehead atoms.